The van der Waals surface area contributed by atoms with Gasteiger partial charge in [0.15, 0.2) is 11.3 Å². The van der Waals surface area contributed by atoms with Gasteiger partial charge in [-0.3, -0.25) is 4.79 Å². The van der Waals surface area contributed by atoms with Gasteiger partial charge in [0.25, 0.3) is 5.56 Å². The molecule has 0 bridgehead atoms. The summed E-state index contributed by atoms with van der Waals surface area (Å²) in [5, 5.41) is 9.44. The maximum absolute atomic E-state index is 12.9. The molecule has 0 spiro atoms. The Hall–Kier alpha value is -3.04. The number of piperazine rings is 1. The first-order valence-corrected chi connectivity index (χ1v) is 10.3. The number of nitrogens with zero attached hydrogens (tertiary/aromatic N) is 5. The second kappa shape index (κ2) is 8.24. The Morgan fingerprint density at radius 2 is 1.94 bits per heavy atom. The summed E-state index contributed by atoms with van der Waals surface area (Å²) in [4.78, 5) is 45.1. The number of carboxylic acid groups (broad SMARTS) is 1. The molecule has 10 heteroatoms. The average Bonchev–Trinajstić information content (AvgIpc) is 3.14. The summed E-state index contributed by atoms with van der Waals surface area (Å²) in [6, 6.07) is 0.711. The second-order valence-electron chi connectivity index (χ2n) is 8.69. The molecule has 2 atom stereocenters. The van der Waals surface area contributed by atoms with Gasteiger partial charge in [0.05, 0.1) is 17.9 Å². The van der Waals surface area contributed by atoms with Crippen LogP contribution in [0.4, 0.5) is 10.5 Å². The Balaban J connectivity index is 2.13. The van der Waals surface area contributed by atoms with E-state index in [-0.39, 0.29) is 23.4 Å². The fourth-order valence-corrected chi connectivity index (χ4v) is 3.85. The van der Waals surface area contributed by atoms with E-state index >= 15 is 0 Å². The number of fused-ring (bicyclic) bond motifs is 1. The normalized spacial score (nSPS) is 21.5. The molecule has 1 aliphatic heterocycles. The van der Waals surface area contributed by atoms with Crippen molar-refractivity contribution < 1.29 is 23.5 Å². The minimum Gasteiger partial charge on any atom is -0.476 e. The van der Waals surface area contributed by atoms with Gasteiger partial charge in [0, 0.05) is 36.3 Å². The lowest BCUT2D eigenvalue weighted by Crippen LogP contribution is -2.60. The lowest BCUT2D eigenvalue weighted by atomic mass is 10.0. The number of hydrogen-bond acceptors (Lipinski definition) is 6. The summed E-state index contributed by atoms with van der Waals surface area (Å²) in [6.07, 6.45) is 1.83. The quantitative estimate of drug-likeness (QED) is 0.783. The number of aromatic carboxylic acids is 1. The number of imidazole rings is 1. The van der Waals surface area contributed by atoms with Crippen LogP contribution in [0.1, 0.15) is 62.1 Å². The standard InChI is InChI=1S/C21H31N5O5/c1-7-13-11-25(20(30)31-21(3,4)5)14(8-2)10-24(13)16-9-17(27)23(6)26-12-15(19(28)29)22-18(16)26/h9,12-14H,7-8,10-11H2,1-6H3,(H,28,29)/t13-,14+/m0/s1/i6D3. The van der Waals surface area contributed by atoms with Crippen LogP contribution in [0.3, 0.4) is 0 Å². The van der Waals surface area contributed by atoms with E-state index in [0.717, 1.165) is 10.7 Å². The topological polar surface area (TPSA) is 109 Å². The molecular formula is C21H31N5O5. The summed E-state index contributed by atoms with van der Waals surface area (Å²) in [6.45, 7) is 7.10. The average molecular weight is 437 g/mol. The van der Waals surface area contributed by atoms with Crippen molar-refractivity contribution in [2.24, 2.45) is 6.98 Å². The van der Waals surface area contributed by atoms with Crippen molar-refractivity contribution in [3.63, 3.8) is 0 Å². The Kier molecular flexibility index (Phi) is 4.97. The highest BCUT2D eigenvalue weighted by molar-refractivity contribution is 5.87. The van der Waals surface area contributed by atoms with Crippen LogP contribution in [0.2, 0.25) is 0 Å². The molecule has 170 valence electrons. The molecule has 0 saturated carbocycles. The van der Waals surface area contributed by atoms with Gasteiger partial charge in [-0.25, -0.2) is 23.8 Å². The molecule has 1 N–H and O–H groups in total. The molecule has 10 nitrogen and oxygen atoms in total. The van der Waals surface area contributed by atoms with Crippen molar-refractivity contribution in [1.82, 2.24) is 19.1 Å². The van der Waals surface area contributed by atoms with Crippen molar-refractivity contribution in [3.05, 3.63) is 28.3 Å². The molecule has 2 aromatic rings. The SMILES string of the molecule is [2H]C([2H])([2H])n1c(=O)cc(N2C[C@@H](CC)N(C(=O)OC(C)(C)C)C[C@@H]2CC)c2nc(C(=O)O)cn21. The fraction of sp³-hybridized carbons (Fsp3) is 0.619. The van der Waals surface area contributed by atoms with Crippen LogP contribution in [0, 0.1) is 0 Å². The Morgan fingerprint density at radius 3 is 2.48 bits per heavy atom. The number of aryl methyl sites for hydroxylation is 1. The Labute approximate surface area is 185 Å². The molecule has 0 aliphatic carbocycles. The van der Waals surface area contributed by atoms with Crippen LogP contribution >= 0.6 is 0 Å². The number of amides is 1. The predicted molar refractivity (Wildman–Crippen MR) is 116 cm³/mol. The maximum Gasteiger partial charge on any atom is 0.410 e. The Bertz CT molecular complexity index is 1150. The molecule has 0 unspecified atom stereocenters. The number of carbonyl (C=O) groups excluding carboxylic acids is 1. The van der Waals surface area contributed by atoms with E-state index in [9.17, 15) is 19.5 Å². The third-order valence-electron chi connectivity index (χ3n) is 5.40. The zero-order valence-electron chi connectivity index (χ0n) is 21.5. The number of rotatable bonds is 4. The first-order valence-electron chi connectivity index (χ1n) is 11.8. The lowest BCUT2D eigenvalue weighted by molar-refractivity contribution is 0.00987. The third kappa shape index (κ3) is 4.38. The molecule has 3 heterocycles. The first-order chi connectivity index (χ1) is 15.7. The Morgan fingerprint density at radius 1 is 1.26 bits per heavy atom. The van der Waals surface area contributed by atoms with Gasteiger partial charge in [0.2, 0.25) is 0 Å². The monoisotopic (exact) mass is 436 g/mol. The van der Waals surface area contributed by atoms with E-state index < -0.39 is 30.2 Å². The van der Waals surface area contributed by atoms with Gasteiger partial charge in [-0.15, -0.1) is 0 Å². The molecular weight excluding hydrogens is 402 g/mol. The smallest absolute Gasteiger partial charge is 0.410 e. The zero-order valence-corrected chi connectivity index (χ0v) is 18.5. The van der Waals surface area contributed by atoms with Crippen molar-refractivity contribution in [2.75, 3.05) is 18.0 Å². The van der Waals surface area contributed by atoms with Gasteiger partial charge in [0.1, 0.15) is 5.60 Å². The van der Waals surface area contributed by atoms with E-state index in [4.69, 9.17) is 8.85 Å². The molecule has 0 radical (unpaired) electrons. The van der Waals surface area contributed by atoms with Crippen LogP contribution in [-0.4, -0.2) is 67.0 Å². The van der Waals surface area contributed by atoms with Crippen LogP contribution < -0.4 is 10.5 Å². The minimum absolute atomic E-state index is 0.0483. The number of hydrogen-bond donors (Lipinski definition) is 1. The third-order valence-corrected chi connectivity index (χ3v) is 5.40. The van der Waals surface area contributed by atoms with E-state index in [1.807, 2.05) is 18.7 Å². The van der Waals surface area contributed by atoms with Gasteiger partial charge < -0.3 is 19.6 Å². The van der Waals surface area contributed by atoms with Gasteiger partial charge in [-0.05, 0) is 33.6 Å². The summed E-state index contributed by atoms with van der Waals surface area (Å²) in [5.74, 6) is -1.34. The first kappa shape index (κ1) is 18.7. The van der Waals surface area contributed by atoms with Crippen LogP contribution in [0.5, 0.6) is 0 Å². The second-order valence-corrected chi connectivity index (χ2v) is 8.69. The van der Waals surface area contributed by atoms with Gasteiger partial charge >= 0.3 is 12.1 Å². The summed E-state index contributed by atoms with van der Waals surface area (Å²) < 4.78 is 30.3. The minimum atomic E-state index is -2.84. The van der Waals surface area contributed by atoms with Crippen LogP contribution in [0.25, 0.3) is 5.65 Å². The highest BCUT2D eigenvalue weighted by Gasteiger charge is 2.38. The number of ether oxygens (including phenoxy) is 1. The molecule has 2 aromatic heterocycles. The summed E-state index contributed by atoms with van der Waals surface area (Å²) >= 11 is 0. The summed E-state index contributed by atoms with van der Waals surface area (Å²) in [7, 11) is 0. The van der Waals surface area contributed by atoms with Crippen LogP contribution in [-0.2, 0) is 11.7 Å². The van der Waals surface area contributed by atoms with Crippen molar-refractivity contribution >= 4 is 23.4 Å². The molecule has 1 aliphatic rings. The highest BCUT2D eigenvalue weighted by Crippen LogP contribution is 2.29. The molecule has 1 saturated heterocycles. The molecule has 0 aromatic carbocycles. The van der Waals surface area contributed by atoms with Crippen molar-refractivity contribution in [2.45, 2.75) is 65.1 Å². The lowest BCUT2D eigenvalue weighted by Gasteiger charge is -2.47. The van der Waals surface area contributed by atoms with Crippen molar-refractivity contribution in [3.8, 4) is 0 Å². The molecule has 1 fully saturated rings. The number of carbonyl (C=O) groups is 2. The van der Waals surface area contributed by atoms with Crippen molar-refractivity contribution in [1.29, 1.82) is 0 Å². The summed E-state index contributed by atoms with van der Waals surface area (Å²) in [5.41, 5.74) is -1.46. The van der Waals surface area contributed by atoms with Gasteiger partial charge in [-0.2, -0.15) is 0 Å². The van der Waals surface area contributed by atoms with Gasteiger partial charge in [-0.1, -0.05) is 13.8 Å². The van der Waals surface area contributed by atoms with E-state index in [1.165, 1.54) is 6.07 Å². The van der Waals surface area contributed by atoms with E-state index in [0.29, 0.717) is 36.3 Å². The zero-order chi connectivity index (χ0) is 25.6. The van der Waals surface area contributed by atoms with E-state index in [2.05, 4.69) is 4.98 Å². The molecule has 3 rings (SSSR count). The highest BCUT2D eigenvalue weighted by atomic mass is 16.6. The molecule has 31 heavy (non-hydrogen) atoms. The molecule has 1 amide bonds. The largest absolute Gasteiger partial charge is 0.476 e. The maximum atomic E-state index is 12.9. The predicted octanol–water partition coefficient (Wildman–Crippen LogP) is 2.35. The van der Waals surface area contributed by atoms with E-state index in [1.54, 1.807) is 25.7 Å². The number of anilines is 1. The van der Waals surface area contributed by atoms with Crippen LogP contribution in [0.15, 0.2) is 17.1 Å². The fourth-order valence-electron chi connectivity index (χ4n) is 3.85. The number of aromatic nitrogens is 3. The number of carboxylic acids is 1.